The van der Waals surface area contributed by atoms with E-state index in [1.807, 2.05) is 6.92 Å². The van der Waals surface area contributed by atoms with E-state index >= 15 is 0 Å². The van der Waals surface area contributed by atoms with E-state index < -0.39 is 21.8 Å². The first kappa shape index (κ1) is 29.8. The number of furan rings is 1. The lowest BCUT2D eigenvalue weighted by molar-refractivity contribution is -0.139. The minimum atomic E-state index is -3.92. The Balaban J connectivity index is 1.43. The number of aryl methyl sites for hydroxylation is 1. The van der Waals surface area contributed by atoms with Gasteiger partial charge in [0.2, 0.25) is 10.0 Å². The van der Waals surface area contributed by atoms with Crippen LogP contribution in [-0.4, -0.2) is 50.0 Å². The molecule has 4 rings (SSSR count). The summed E-state index contributed by atoms with van der Waals surface area (Å²) >= 11 is 12.2. The second-order valence-corrected chi connectivity index (χ2v) is 11.9. The Labute approximate surface area is 242 Å². The van der Waals surface area contributed by atoms with Gasteiger partial charge in [-0.15, -0.1) is 0 Å². The van der Waals surface area contributed by atoms with Crippen molar-refractivity contribution >= 4 is 51.3 Å². The van der Waals surface area contributed by atoms with Crippen LogP contribution in [0.5, 0.6) is 0 Å². The molecule has 1 aliphatic rings. The molecule has 212 valence electrons. The number of halogens is 2. The van der Waals surface area contributed by atoms with Crippen molar-refractivity contribution in [1.29, 1.82) is 0 Å². The standard InChI is InChI=1S/C27H28Cl2N4O6S/c1-18-4-9-23(10-5-18)40(36,37)33(16-19-6-11-24(28)25(29)13-19)17-22-8-7-21(39-22)15-31-32-27(35)26(34)30-14-20-3-2-12-38-20/h4-11,13,15,20H,2-3,12,14,16-17H2,1H3,(H,30,34)(H,32,35)/b31-15+/t20-/m1/s1. The summed E-state index contributed by atoms with van der Waals surface area (Å²) in [6, 6.07) is 14.6. The fourth-order valence-electron chi connectivity index (χ4n) is 3.95. The Bertz CT molecular complexity index is 1480. The maximum absolute atomic E-state index is 13.6. The summed E-state index contributed by atoms with van der Waals surface area (Å²) in [7, 11) is -3.92. The van der Waals surface area contributed by atoms with E-state index in [2.05, 4.69) is 15.8 Å². The van der Waals surface area contributed by atoms with Crippen molar-refractivity contribution in [2.45, 2.75) is 43.9 Å². The van der Waals surface area contributed by atoms with Crippen molar-refractivity contribution < 1.29 is 27.2 Å². The van der Waals surface area contributed by atoms with Crippen LogP contribution in [0.25, 0.3) is 0 Å². The SMILES string of the molecule is Cc1ccc(S(=O)(=O)N(Cc2ccc(Cl)c(Cl)c2)Cc2ccc(/C=N/NC(=O)C(=O)NC[C@H]3CCCO3)o2)cc1. The average Bonchev–Trinajstić information content (AvgIpc) is 3.61. The van der Waals surface area contributed by atoms with Gasteiger partial charge in [-0.3, -0.25) is 9.59 Å². The third-order valence-electron chi connectivity index (χ3n) is 6.09. The molecule has 1 fully saturated rings. The number of ether oxygens (including phenoxy) is 1. The highest BCUT2D eigenvalue weighted by atomic mass is 35.5. The highest BCUT2D eigenvalue weighted by molar-refractivity contribution is 7.89. The monoisotopic (exact) mass is 606 g/mol. The van der Waals surface area contributed by atoms with Crippen LogP contribution in [0.15, 0.2) is 69.0 Å². The zero-order chi connectivity index (χ0) is 28.7. The van der Waals surface area contributed by atoms with Gasteiger partial charge in [-0.1, -0.05) is 47.0 Å². The Morgan fingerprint density at radius 2 is 1.82 bits per heavy atom. The molecule has 2 N–H and O–H groups in total. The lowest BCUT2D eigenvalue weighted by Gasteiger charge is -2.22. The number of carbonyl (C=O) groups is 2. The molecular formula is C27H28Cl2N4O6S. The number of sulfonamides is 1. The van der Waals surface area contributed by atoms with Gasteiger partial charge >= 0.3 is 11.8 Å². The molecule has 0 spiro atoms. The molecule has 0 unspecified atom stereocenters. The number of carbonyl (C=O) groups excluding carboxylic acids is 2. The minimum absolute atomic E-state index is 0.00822. The number of amides is 2. The number of benzene rings is 2. The second kappa shape index (κ2) is 13.4. The molecule has 1 saturated heterocycles. The van der Waals surface area contributed by atoms with E-state index in [0.29, 0.717) is 28.0 Å². The van der Waals surface area contributed by atoms with Crippen LogP contribution in [0.2, 0.25) is 10.0 Å². The fourth-order valence-corrected chi connectivity index (χ4v) is 5.66. The predicted molar refractivity (Wildman–Crippen MR) is 151 cm³/mol. The number of hydrogen-bond acceptors (Lipinski definition) is 7. The topological polar surface area (TPSA) is 130 Å². The Kier molecular flexibility index (Phi) is 9.99. The first-order valence-corrected chi connectivity index (χ1v) is 14.6. The summed E-state index contributed by atoms with van der Waals surface area (Å²) in [5.41, 5.74) is 3.70. The molecule has 0 aliphatic carbocycles. The Morgan fingerprint density at radius 1 is 1.05 bits per heavy atom. The lowest BCUT2D eigenvalue weighted by atomic mass is 10.2. The normalized spacial score (nSPS) is 15.6. The van der Waals surface area contributed by atoms with Gasteiger partial charge in [0.15, 0.2) is 0 Å². The molecule has 0 saturated carbocycles. The van der Waals surface area contributed by atoms with Gasteiger partial charge in [0, 0.05) is 19.7 Å². The quantitative estimate of drug-likeness (QED) is 0.203. The largest absolute Gasteiger partial charge is 0.459 e. The van der Waals surface area contributed by atoms with Gasteiger partial charge in [-0.25, -0.2) is 13.8 Å². The van der Waals surface area contributed by atoms with E-state index in [1.54, 1.807) is 54.6 Å². The van der Waals surface area contributed by atoms with Gasteiger partial charge in [-0.05, 0) is 61.7 Å². The van der Waals surface area contributed by atoms with Crippen LogP contribution < -0.4 is 10.7 Å². The van der Waals surface area contributed by atoms with Crippen molar-refractivity contribution in [2.75, 3.05) is 13.2 Å². The number of nitrogens with zero attached hydrogens (tertiary/aromatic N) is 2. The number of hydrazone groups is 1. The highest BCUT2D eigenvalue weighted by Gasteiger charge is 2.26. The zero-order valence-corrected chi connectivity index (χ0v) is 23.9. The van der Waals surface area contributed by atoms with Gasteiger partial charge in [-0.2, -0.15) is 9.41 Å². The highest BCUT2D eigenvalue weighted by Crippen LogP contribution is 2.26. The number of rotatable bonds is 10. The molecule has 3 aromatic rings. The molecule has 2 aromatic carbocycles. The molecule has 1 atom stereocenters. The van der Waals surface area contributed by atoms with Gasteiger partial charge in [0.05, 0.1) is 33.8 Å². The molecule has 2 amide bonds. The van der Waals surface area contributed by atoms with Gasteiger partial charge < -0.3 is 14.5 Å². The maximum atomic E-state index is 13.6. The Morgan fingerprint density at radius 3 is 2.52 bits per heavy atom. The summed E-state index contributed by atoms with van der Waals surface area (Å²) < 4.78 is 39.5. The van der Waals surface area contributed by atoms with E-state index in [4.69, 9.17) is 32.4 Å². The van der Waals surface area contributed by atoms with E-state index in [9.17, 15) is 18.0 Å². The van der Waals surface area contributed by atoms with E-state index in [0.717, 1.165) is 18.4 Å². The average molecular weight is 608 g/mol. The van der Waals surface area contributed by atoms with Crippen LogP contribution in [0, 0.1) is 6.92 Å². The van der Waals surface area contributed by atoms with Crippen LogP contribution in [0.1, 0.15) is 35.5 Å². The summed E-state index contributed by atoms with van der Waals surface area (Å²) in [6.45, 7) is 2.68. The molecule has 0 bridgehead atoms. The van der Waals surface area contributed by atoms with Crippen molar-refractivity contribution in [1.82, 2.24) is 15.0 Å². The lowest BCUT2D eigenvalue weighted by Crippen LogP contribution is -2.41. The summed E-state index contributed by atoms with van der Waals surface area (Å²) in [5.74, 6) is -1.18. The molecule has 1 aliphatic heterocycles. The predicted octanol–water partition coefficient (Wildman–Crippen LogP) is 4.03. The zero-order valence-electron chi connectivity index (χ0n) is 21.6. The van der Waals surface area contributed by atoms with Crippen LogP contribution in [0.3, 0.4) is 0 Å². The number of nitrogens with one attached hydrogen (secondary N) is 2. The summed E-state index contributed by atoms with van der Waals surface area (Å²) in [4.78, 5) is 24.0. The van der Waals surface area contributed by atoms with Crippen LogP contribution in [0.4, 0.5) is 0 Å². The van der Waals surface area contributed by atoms with Gasteiger partial charge in [0.1, 0.15) is 11.5 Å². The third kappa shape index (κ3) is 7.92. The minimum Gasteiger partial charge on any atom is -0.459 e. The molecule has 0 radical (unpaired) electrons. The van der Waals surface area contributed by atoms with Crippen molar-refractivity contribution in [2.24, 2.45) is 5.10 Å². The molecular weight excluding hydrogens is 579 g/mol. The third-order valence-corrected chi connectivity index (χ3v) is 8.64. The summed E-state index contributed by atoms with van der Waals surface area (Å²) in [5, 5.41) is 6.93. The first-order chi connectivity index (χ1) is 19.1. The van der Waals surface area contributed by atoms with Crippen LogP contribution in [-0.2, 0) is 37.4 Å². The maximum Gasteiger partial charge on any atom is 0.329 e. The fraction of sp³-hybridized carbons (Fsp3) is 0.296. The van der Waals surface area contributed by atoms with E-state index in [1.165, 1.54) is 10.5 Å². The van der Waals surface area contributed by atoms with Gasteiger partial charge in [0.25, 0.3) is 0 Å². The van der Waals surface area contributed by atoms with E-state index in [-0.39, 0.29) is 36.4 Å². The molecule has 40 heavy (non-hydrogen) atoms. The van der Waals surface area contributed by atoms with Crippen LogP contribution >= 0.6 is 23.2 Å². The molecule has 1 aromatic heterocycles. The molecule has 2 heterocycles. The van der Waals surface area contributed by atoms with Crippen molar-refractivity contribution in [3.63, 3.8) is 0 Å². The van der Waals surface area contributed by atoms with Crippen molar-refractivity contribution in [3.8, 4) is 0 Å². The summed E-state index contributed by atoms with van der Waals surface area (Å²) in [6.07, 6.45) is 2.88. The number of hydrogen-bond donors (Lipinski definition) is 2. The smallest absolute Gasteiger partial charge is 0.329 e. The van der Waals surface area contributed by atoms with Crippen molar-refractivity contribution in [3.05, 3.63) is 87.3 Å². The molecule has 13 heteroatoms. The molecule has 10 nitrogen and oxygen atoms in total. The first-order valence-electron chi connectivity index (χ1n) is 12.4. The Hall–Kier alpha value is -3.22. The second-order valence-electron chi connectivity index (χ2n) is 9.18.